The highest BCUT2D eigenvalue weighted by molar-refractivity contribution is 7.71. The van der Waals surface area contributed by atoms with Crippen LogP contribution in [0.15, 0.2) is 53.6 Å². The van der Waals surface area contributed by atoms with E-state index in [-0.39, 0.29) is 0 Å². The van der Waals surface area contributed by atoms with Gasteiger partial charge < -0.3 is 9.80 Å². The van der Waals surface area contributed by atoms with Crippen LogP contribution in [0.4, 0.5) is 11.4 Å². The Hall–Kier alpha value is -2.93. The predicted octanol–water partition coefficient (Wildman–Crippen LogP) is 3.62. The van der Waals surface area contributed by atoms with Gasteiger partial charge in [-0.3, -0.25) is 0 Å². The van der Waals surface area contributed by atoms with Gasteiger partial charge in [-0.2, -0.15) is 14.9 Å². The number of hydrogen-bond donors (Lipinski definition) is 1. The maximum absolute atomic E-state index is 5.33. The van der Waals surface area contributed by atoms with Crippen molar-refractivity contribution in [1.82, 2.24) is 14.9 Å². The summed E-state index contributed by atoms with van der Waals surface area (Å²) in [6.07, 6.45) is 1.78. The minimum Gasteiger partial charge on any atom is -0.378 e. The third-order valence-electron chi connectivity index (χ3n) is 4.02. The minimum atomic E-state index is 0.456. The first-order valence-corrected chi connectivity index (χ1v) is 8.63. The number of hydrogen-bond acceptors (Lipinski definition) is 5. The Morgan fingerprint density at radius 3 is 2.00 bits per heavy atom. The predicted molar refractivity (Wildman–Crippen MR) is 111 cm³/mol. The van der Waals surface area contributed by atoms with Crippen LogP contribution < -0.4 is 9.80 Å². The lowest BCUT2D eigenvalue weighted by Crippen LogP contribution is -2.08. The molecule has 2 aromatic carbocycles. The molecular formula is C19H22N6S. The lowest BCUT2D eigenvalue weighted by molar-refractivity contribution is 0.871. The van der Waals surface area contributed by atoms with E-state index >= 15 is 0 Å². The summed E-state index contributed by atoms with van der Waals surface area (Å²) in [4.78, 5) is 4.11. The van der Waals surface area contributed by atoms with Crippen molar-refractivity contribution in [2.45, 2.75) is 0 Å². The molecule has 3 aromatic rings. The van der Waals surface area contributed by atoms with Gasteiger partial charge in [-0.1, -0.05) is 12.1 Å². The number of H-pyrrole nitrogens is 1. The highest BCUT2D eigenvalue weighted by atomic mass is 32.1. The van der Waals surface area contributed by atoms with Crippen molar-refractivity contribution in [2.24, 2.45) is 5.10 Å². The average Bonchev–Trinajstić information content (AvgIpc) is 3.01. The fraction of sp³-hybridized carbons (Fsp3) is 0.211. The van der Waals surface area contributed by atoms with Gasteiger partial charge in [0.2, 0.25) is 4.77 Å². The summed E-state index contributed by atoms with van der Waals surface area (Å²) in [7, 11) is 8.05. The summed E-state index contributed by atoms with van der Waals surface area (Å²) >= 11 is 5.33. The Kier molecular flexibility index (Phi) is 5.18. The highest BCUT2D eigenvalue weighted by Gasteiger charge is 2.08. The summed E-state index contributed by atoms with van der Waals surface area (Å²) in [5, 5.41) is 11.7. The molecule has 7 heteroatoms. The van der Waals surface area contributed by atoms with Crippen LogP contribution in [0.1, 0.15) is 5.56 Å². The molecule has 0 fully saturated rings. The molecule has 1 heterocycles. The van der Waals surface area contributed by atoms with Gasteiger partial charge in [-0.15, -0.1) is 0 Å². The van der Waals surface area contributed by atoms with Crippen molar-refractivity contribution in [3.8, 4) is 11.4 Å². The third-order valence-corrected chi connectivity index (χ3v) is 4.29. The Morgan fingerprint density at radius 1 is 0.923 bits per heavy atom. The van der Waals surface area contributed by atoms with Gasteiger partial charge >= 0.3 is 0 Å². The highest BCUT2D eigenvalue weighted by Crippen LogP contribution is 2.21. The first-order chi connectivity index (χ1) is 12.5. The number of aromatic nitrogens is 3. The van der Waals surface area contributed by atoms with Crippen LogP contribution in [-0.2, 0) is 0 Å². The molecule has 134 valence electrons. The van der Waals surface area contributed by atoms with Crippen LogP contribution in [-0.4, -0.2) is 49.3 Å². The molecule has 0 aliphatic heterocycles. The molecule has 0 spiro atoms. The lowest BCUT2D eigenvalue weighted by atomic mass is 10.2. The van der Waals surface area contributed by atoms with E-state index < -0.39 is 0 Å². The van der Waals surface area contributed by atoms with Crippen LogP contribution in [0.3, 0.4) is 0 Å². The summed E-state index contributed by atoms with van der Waals surface area (Å²) in [5.41, 5.74) is 4.21. The summed E-state index contributed by atoms with van der Waals surface area (Å²) in [6.45, 7) is 0. The zero-order chi connectivity index (χ0) is 18.7. The second-order valence-corrected chi connectivity index (χ2v) is 6.72. The molecule has 0 aliphatic carbocycles. The Morgan fingerprint density at radius 2 is 1.46 bits per heavy atom. The maximum Gasteiger partial charge on any atom is 0.216 e. The number of nitrogens with zero attached hydrogens (tertiary/aromatic N) is 5. The molecule has 1 aromatic heterocycles. The van der Waals surface area contributed by atoms with E-state index in [0.717, 1.165) is 22.5 Å². The molecule has 0 unspecified atom stereocenters. The topological polar surface area (TPSA) is 52.5 Å². The molecule has 0 aliphatic rings. The van der Waals surface area contributed by atoms with E-state index in [1.54, 1.807) is 10.9 Å². The molecule has 0 radical (unpaired) electrons. The number of aromatic amines is 1. The van der Waals surface area contributed by atoms with Gasteiger partial charge in [0.05, 0.1) is 6.21 Å². The number of nitrogens with one attached hydrogen (secondary N) is 1. The first-order valence-electron chi connectivity index (χ1n) is 8.22. The first kappa shape index (κ1) is 17.9. The largest absolute Gasteiger partial charge is 0.378 e. The summed E-state index contributed by atoms with van der Waals surface area (Å²) in [5.74, 6) is 0.682. The minimum absolute atomic E-state index is 0.456. The van der Waals surface area contributed by atoms with Crippen molar-refractivity contribution in [1.29, 1.82) is 0 Å². The van der Waals surface area contributed by atoms with E-state index in [2.05, 4.69) is 37.2 Å². The fourth-order valence-corrected chi connectivity index (χ4v) is 2.66. The van der Waals surface area contributed by atoms with Crippen molar-refractivity contribution in [3.63, 3.8) is 0 Å². The van der Waals surface area contributed by atoms with Crippen LogP contribution in [0.5, 0.6) is 0 Å². The quantitative estimate of drug-likeness (QED) is 0.553. The maximum atomic E-state index is 5.33. The molecule has 26 heavy (non-hydrogen) atoms. The molecule has 0 saturated heterocycles. The second-order valence-electron chi connectivity index (χ2n) is 6.34. The Labute approximate surface area is 158 Å². The molecule has 0 amide bonds. The van der Waals surface area contributed by atoms with Crippen molar-refractivity contribution in [3.05, 3.63) is 58.9 Å². The van der Waals surface area contributed by atoms with Crippen molar-refractivity contribution >= 4 is 29.8 Å². The summed E-state index contributed by atoms with van der Waals surface area (Å²) in [6, 6.07) is 16.3. The molecule has 6 nitrogen and oxygen atoms in total. The van der Waals surface area contributed by atoms with Crippen molar-refractivity contribution < 1.29 is 0 Å². The standard InChI is InChI=1S/C19H22N6S/c1-23(2)16-9-5-14(6-10-16)13-20-25-18(21-22-19(25)26)15-7-11-17(12-8-15)24(3)4/h5-13H,1-4H3,(H,22,26). The molecule has 1 N–H and O–H groups in total. The van der Waals surface area contributed by atoms with E-state index in [9.17, 15) is 0 Å². The van der Waals surface area contributed by atoms with E-state index in [1.165, 1.54) is 0 Å². The Bertz CT molecular complexity index is 949. The zero-order valence-electron chi connectivity index (χ0n) is 15.3. The molecular weight excluding hydrogens is 344 g/mol. The van der Waals surface area contributed by atoms with Crippen LogP contribution in [0, 0.1) is 4.77 Å². The van der Waals surface area contributed by atoms with E-state index in [1.807, 2.05) is 64.6 Å². The Balaban J connectivity index is 1.89. The van der Waals surface area contributed by atoms with Gasteiger partial charge in [0, 0.05) is 45.1 Å². The van der Waals surface area contributed by atoms with Crippen LogP contribution >= 0.6 is 12.2 Å². The lowest BCUT2D eigenvalue weighted by Gasteiger charge is -2.12. The molecule has 0 saturated carbocycles. The second kappa shape index (κ2) is 7.53. The number of anilines is 2. The monoisotopic (exact) mass is 366 g/mol. The van der Waals surface area contributed by atoms with Gasteiger partial charge in [0.25, 0.3) is 0 Å². The number of rotatable bonds is 5. The van der Waals surface area contributed by atoms with Gasteiger partial charge in [0.1, 0.15) is 0 Å². The van der Waals surface area contributed by atoms with Crippen LogP contribution in [0.25, 0.3) is 11.4 Å². The average molecular weight is 366 g/mol. The third kappa shape index (κ3) is 3.83. The van der Waals surface area contributed by atoms with Gasteiger partial charge in [-0.25, -0.2) is 5.10 Å². The summed E-state index contributed by atoms with van der Waals surface area (Å²) < 4.78 is 2.10. The number of benzene rings is 2. The molecule has 0 atom stereocenters. The van der Waals surface area contributed by atoms with E-state index in [0.29, 0.717) is 10.6 Å². The fourth-order valence-electron chi connectivity index (χ4n) is 2.48. The van der Waals surface area contributed by atoms with Crippen molar-refractivity contribution in [2.75, 3.05) is 38.0 Å². The smallest absolute Gasteiger partial charge is 0.216 e. The molecule has 0 bridgehead atoms. The van der Waals surface area contributed by atoms with Gasteiger partial charge in [0.15, 0.2) is 5.82 Å². The van der Waals surface area contributed by atoms with E-state index in [4.69, 9.17) is 12.2 Å². The zero-order valence-corrected chi connectivity index (χ0v) is 16.2. The SMILES string of the molecule is CN(C)c1ccc(C=Nn2c(-c3ccc(N(C)C)cc3)n[nH]c2=S)cc1. The molecule has 3 rings (SSSR count). The van der Waals surface area contributed by atoms with Gasteiger partial charge in [-0.05, 0) is 54.2 Å². The van der Waals surface area contributed by atoms with Crippen LogP contribution in [0.2, 0.25) is 0 Å². The normalized spacial score (nSPS) is 11.1.